The monoisotopic (exact) mass is 472 g/mol. The van der Waals surface area contributed by atoms with Gasteiger partial charge >= 0.3 is 0 Å². The fraction of sp³-hybridized carbons (Fsp3) is 0.667. The maximum atomic E-state index is 13.2. The number of nitrogens with one attached hydrogen (secondary N) is 1. The van der Waals surface area contributed by atoms with Crippen LogP contribution in [0.15, 0.2) is 17.0 Å². The summed E-state index contributed by atoms with van der Waals surface area (Å²) in [6.07, 6.45) is 6.86. The van der Waals surface area contributed by atoms with E-state index in [0.717, 1.165) is 19.3 Å². The molecule has 1 saturated heterocycles. The Morgan fingerprint density at radius 3 is 2.13 bits per heavy atom. The Kier molecular flexibility index (Phi) is 5.34. The van der Waals surface area contributed by atoms with Crippen molar-refractivity contribution in [1.29, 1.82) is 0 Å². The van der Waals surface area contributed by atoms with E-state index in [2.05, 4.69) is 5.32 Å². The third-order valence-corrected chi connectivity index (χ3v) is 9.95. The van der Waals surface area contributed by atoms with E-state index < -0.39 is 10.0 Å². The lowest BCUT2D eigenvalue weighted by atomic mass is 9.53. The SMILES string of the molecule is O=C(NC12CC3CC(CC(C3)C1)C2)c1cc(S(=O)(=O)N2CCOCC2)c(Cl)cc1Cl. The summed E-state index contributed by atoms with van der Waals surface area (Å²) in [5, 5.41) is 3.46. The van der Waals surface area contributed by atoms with Crippen LogP contribution in [0.25, 0.3) is 0 Å². The highest BCUT2D eigenvalue weighted by molar-refractivity contribution is 7.89. The van der Waals surface area contributed by atoms with Crippen molar-refractivity contribution in [2.24, 2.45) is 17.8 Å². The summed E-state index contributed by atoms with van der Waals surface area (Å²) in [7, 11) is -3.84. The highest BCUT2D eigenvalue weighted by atomic mass is 35.5. The predicted molar refractivity (Wildman–Crippen MR) is 114 cm³/mol. The van der Waals surface area contributed by atoms with Gasteiger partial charge in [0.2, 0.25) is 10.0 Å². The van der Waals surface area contributed by atoms with Crippen LogP contribution in [-0.2, 0) is 14.8 Å². The highest BCUT2D eigenvalue weighted by Gasteiger charge is 2.51. The number of benzene rings is 1. The Hall–Kier alpha value is -0.860. The van der Waals surface area contributed by atoms with Crippen LogP contribution >= 0.6 is 23.2 Å². The average molecular weight is 473 g/mol. The zero-order valence-electron chi connectivity index (χ0n) is 16.7. The van der Waals surface area contributed by atoms with Crippen LogP contribution < -0.4 is 5.32 Å². The summed E-state index contributed by atoms with van der Waals surface area (Å²) >= 11 is 12.6. The molecule has 0 radical (unpaired) electrons. The van der Waals surface area contributed by atoms with Gasteiger partial charge in [0.1, 0.15) is 4.90 Å². The maximum absolute atomic E-state index is 13.2. The van der Waals surface area contributed by atoms with Crippen molar-refractivity contribution in [2.45, 2.75) is 49.0 Å². The molecule has 6 nitrogen and oxygen atoms in total. The van der Waals surface area contributed by atoms with Gasteiger partial charge in [-0.15, -0.1) is 0 Å². The van der Waals surface area contributed by atoms with Gasteiger partial charge in [-0.3, -0.25) is 4.79 Å². The number of carbonyl (C=O) groups is 1. The van der Waals surface area contributed by atoms with Gasteiger partial charge in [0.05, 0.1) is 28.8 Å². The van der Waals surface area contributed by atoms with Crippen molar-refractivity contribution in [1.82, 2.24) is 9.62 Å². The quantitative estimate of drug-likeness (QED) is 0.724. The van der Waals surface area contributed by atoms with Crippen LogP contribution in [0.3, 0.4) is 0 Å². The van der Waals surface area contributed by atoms with Crippen LogP contribution in [0.5, 0.6) is 0 Å². The van der Waals surface area contributed by atoms with E-state index >= 15 is 0 Å². The third kappa shape index (κ3) is 3.66. The Labute approximate surface area is 187 Å². The Bertz CT molecular complexity index is 940. The summed E-state index contributed by atoms with van der Waals surface area (Å²) in [5.41, 5.74) is -0.0125. The van der Waals surface area contributed by atoms with Gasteiger partial charge < -0.3 is 10.1 Å². The maximum Gasteiger partial charge on any atom is 0.253 e. The lowest BCUT2D eigenvalue weighted by Gasteiger charge is -2.56. The van der Waals surface area contributed by atoms with Gasteiger partial charge in [0.25, 0.3) is 5.91 Å². The molecule has 1 N–H and O–H groups in total. The summed E-state index contributed by atoms with van der Waals surface area (Å²) in [6.45, 7) is 1.19. The molecular formula is C21H26Cl2N2O4S. The minimum Gasteiger partial charge on any atom is -0.379 e. The number of carbonyl (C=O) groups excluding carboxylic acids is 1. The van der Waals surface area contributed by atoms with Crippen molar-refractivity contribution >= 4 is 39.1 Å². The molecule has 4 aliphatic carbocycles. The van der Waals surface area contributed by atoms with E-state index in [0.29, 0.717) is 31.0 Å². The van der Waals surface area contributed by atoms with E-state index in [1.807, 2.05) is 0 Å². The normalized spacial score (nSPS) is 33.6. The summed E-state index contributed by atoms with van der Waals surface area (Å²) < 4.78 is 32.8. The van der Waals surface area contributed by atoms with Crippen LogP contribution in [0.2, 0.25) is 10.0 Å². The summed E-state index contributed by atoms with van der Waals surface area (Å²) in [4.78, 5) is 13.2. The molecule has 0 atom stereocenters. The molecule has 4 saturated carbocycles. The first-order valence-corrected chi connectivity index (χ1v) is 12.8. The number of halogens is 2. The molecule has 1 aliphatic heterocycles. The first kappa shape index (κ1) is 21.0. The Balaban J connectivity index is 1.43. The zero-order valence-corrected chi connectivity index (χ0v) is 19.0. The first-order valence-electron chi connectivity index (χ1n) is 10.7. The largest absolute Gasteiger partial charge is 0.379 e. The second-order valence-corrected chi connectivity index (χ2v) is 12.2. The molecule has 1 heterocycles. The second-order valence-electron chi connectivity index (χ2n) is 9.43. The van der Waals surface area contributed by atoms with Gasteiger partial charge in [-0.25, -0.2) is 8.42 Å². The van der Waals surface area contributed by atoms with E-state index in [-0.39, 0.29) is 45.0 Å². The topological polar surface area (TPSA) is 75.7 Å². The smallest absolute Gasteiger partial charge is 0.253 e. The molecule has 1 aromatic carbocycles. The summed E-state index contributed by atoms with van der Waals surface area (Å²) in [6, 6.07) is 2.70. The fourth-order valence-electron chi connectivity index (χ4n) is 6.40. The number of nitrogens with zero attached hydrogens (tertiary/aromatic N) is 1. The molecule has 0 unspecified atom stereocenters. The second kappa shape index (κ2) is 7.62. The van der Waals surface area contributed by atoms with Crippen molar-refractivity contribution in [3.8, 4) is 0 Å². The third-order valence-electron chi connectivity index (χ3n) is 7.27. The van der Waals surface area contributed by atoms with Crippen LogP contribution in [0.1, 0.15) is 48.9 Å². The Morgan fingerprint density at radius 1 is 1.00 bits per heavy atom. The molecule has 0 aromatic heterocycles. The minimum atomic E-state index is -3.84. The van der Waals surface area contributed by atoms with Gasteiger partial charge in [-0.2, -0.15) is 4.31 Å². The predicted octanol–water partition coefficient (Wildman–Crippen LogP) is 3.71. The van der Waals surface area contributed by atoms with Gasteiger partial charge in [0, 0.05) is 18.6 Å². The molecule has 1 amide bonds. The number of ether oxygens (including phenoxy) is 1. The highest BCUT2D eigenvalue weighted by Crippen LogP contribution is 2.55. The average Bonchev–Trinajstić information content (AvgIpc) is 2.67. The van der Waals surface area contributed by atoms with Crippen molar-refractivity contribution < 1.29 is 17.9 Å². The molecule has 1 aromatic rings. The van der Waals surface area contributed by atoms with Crippen molar-refractivity contribution in [3.63, 3.8) is 0 Å². The van der Waals surface area contributed by atoms with Crippen LogP contribution in [-0.4, -0.2) is 50.5 Å². The molecule has 164 valence electrons. The molecular weight excluding hydrogens is 447 g/mol. The molecule has 30 heavy (non-hydrogen) atoms. The Morgan fingerprint density at radius 2 is 1.57 bits per heavy atom. The summed E-state index contributed by atoms with van der Waals surface area (Å²) in [5.74, 6) is 1.76. The lowest BCUT2D eigenvalue weighted by Crippen LogP contribution is -2.59. The fourth-order valence-corrected chi connectivity index (χ4v) is 8.64. The molecule has 5 aliphatic rings. The van der Waals surface area contributed by atoms with E-state index in [1.54, 1.807) is 0 Å². The molecule has 5 fully saturated rings. The minimum absolute atomic E-state index is 0.0258. The number of rotatable bonds is 4. The van der Waals surface area contributed by atoms with Crippen molar-refractivity contribution in [3.05, 3.63) is 27.7 Å². The number of morpholine rings is 1. The molecule has 0 spiro atoms. The molecule has 4 bridgehead atoms. The van der Waals surface area contributed by atoms with Crippen molar-refractivity contribution in [2.75, 3.05) is 26.3 Å². The molecule has 9 heteroatoms. The first-order chi connectivity index (χ1) is 14.3. The number of amides is 1. The lowest BCUT2D eigenvalue weighted by molar-refractivity contribution is -0.0167. The van der Waals surface area contributed by atoms with E-state index in [4.69, 9.17) is 27.9 Å². The zero-order chi connectivity index (χ0) is 21.1. The van der Waals surface area contributed by atoms with Gasteiger partial charge in [0.15, 0.2) is 0 Å². The van der Waals surface area contributed by atoms with Gasteiger partial charge in [-0.05, 0) is 68.4 Å². The molecule has 6 rings (SSSR count). The van der Waals surface area contributed by atoms with E-state index in [9.17, 15) is 13.2 Å². The number of sulfonamides is 1. The van der Waals surface area contributed by atoms with Crippen LogP contribution in [0, 0.1) is 17.8 Å². The van der Waals surface area contributed by atoms with Crippen LogP contribution in [0.4, 0.5) is 0 Å². The standard InChI is InChI=1S/C21H26Cl2N2O4S/c22-17-9-18(23)19(30(27,28)25-1-3-29-4-2-25)8-16(17)20(26)24-21-10-13-5-14(11-21)7-15(6-13)12-21/h8-9,13-15H,1-7,10-12H2,(H,24,26). The number of hydrogen-bond acceptors (Lipinski definition) is 4. The van der Waals surface area contributed by atoms with Gasteiger partial charge in [-0.1, -0.05) is 23.2 Å². The van der Waals surface area contributed by atoms with E-state index in [1.165, 1.54) is 35.7 Å². The number of hydrogen-bond donors (Lipinski definition) is 1.